The van der Waals surface area contributed by atoms with Gasteiger partial charge < -0.3 is 14.8 Å². The fraction of sp³-hybridized carbons (Fsp3) is 0.231. The smallest absolute Gasteiger partial charge is 0.329 e. The SMILES string of the molecule is CC[C@H](C(=O)OCc1ccccc1)n1cnc2sc(C(=O)Nc3ccccc3OC)c(C)c2c1=O. The zero-order chi connectivity index (χ0) is 24.9. The first-order valence-corrected chi connectivity index (χ1v) is 11.9. The molecule has 0 fully saturated rings. The van der Waals surface area contributed by atoms with Gasteiger partial charge in [0.25, 0.3) is 11.5 Å². The van der Waals surface area contributed by atoms with Gasteiger partial charge in [-0.3, -0.25) is 14.2 Å². The molecule has 4 aromatic rings. The van der Waals surface area contributed by atoms with Crippen molar-refractivity contribution in [2.75, 3.05) is 12.4 Å². The first-order chi connectivity index (χ1) is 16.9. The van der Waals surface area contributed by atoms with Gasteiger partial charge in [0.1, 0.15) is 23.2 Å². The van der Waals surface area contributed by atoms with Gasteiger partial charge in [-0.05, 0) is 36.6 Å². The van der Waals surface area contributed by atoms with Gasteiger partial charge in [-0.2, -0.15) is 0 Å². The number of carbonyl (C=O) groups is 2. The van der Waals surface area contributed by atoms with E-state index < -0.39 is 12.0 Å². The van der Waals surface area contributed by atoms with Crippen LogP contribution in [0.4, 0.5) is 5.69 Å². The normalized spacial score (nSPS) is 11.7. The molecule has 0 saturated heterocycles. The number of thiophene rings is 1. The number of esters is 1. The molecule has 4 rings (SSSR count). The monoisotopic (exact) mass is 491 g/mol. The fourth-order valence-electron chi connectivity index (χ4n) is 3.80. The third-order valence-corrected chi connectivity index (χ3v) is 6.85. The van der Waals surface area contributed by atoms with Crippen LogP contribution >= 0.6 is 11.3 Å². The summed E-state index contributed by atoms with van der Waals surface area (Å²) in [6.07, 6.45) is 1.70. The molecule has 1 amide bonds. The van der Waals surface area contributed by atoms with Crippen molar-refractivity contribution in [1.29, 1.82) is 0 Å². The van der Waals surface area contributed by atoms with E-state index in [1.54, 1.807) is 38.1 Å². The molecule has 2 aromatic carbocycles. The summed E-state index contributed by atoms with van der Waals surface area (Å²) in [4.78, 5) is 44.4. The number of ether oxygens (including phenoxy) is 2. The predicted molar refractivity (Wildman–Crippen MR) is 135 cm³/mol. The van der Waals surface area contributed by atoms with E-state index in [1.807, 2.05) is 30.3 Å². The molecule has 180 valence electrons. The molecule has 0 bridgehead atoms. The van der Waals surface area contributed by atoms with Crippen molar-refractivity contribution in [1.82, 2.24) is 9.55 Å². The number of aromatic nitrogens is 2. The summed E-state index contributed by atoms with van der Waals surface area (Å²) in [5, 5.41) is 3.15. The molecule has 8 nitrogen and oxygen atoms in total. The number of para-hydroxylation sites is 2. The maximum Gasteiger partial charge on any atom is 0.329 e. The first-order valence-electron chi connectivity index (χ1n) is 11.1. The Morgan fingerprint density at radius 3 is 2.54 bits per heavy atom. The highest BCUT2D eigenvalue weighted by atomic mass is 32.1. The van der Waals surface area contributed by atoms with Gasteiger partial charge in [0, 0.05) is 0 Å². The van der Waals surface area contributed by atoms with Crippen LogP contribution < -0.4 is 15.6 Å². The number of hydrogen-bond donors (Lipinski definition) is 1. The summed E-state index contributed by atoms with van der Waals surface area (Å²) in [6.45, 7) is 3.63. The zero-order valence-electron chi connectivity index (χ0n) is 19.6. The highest BCUT2D eigenvalue weighted by molar-refractivity contribution is 7.20. The number of fused-ring (bicyclic) bond motifs is 1. The molecular weight excluding hydrogens is 466 g/mol. The lowest BCUT2D eigenvalue weighted by molar-refractivity contribution is -0.149. The van der Waals surface area contributed by atoms with E-state index in [9.17, 15) is 14.4 Å². The molecule has 0 aliphatic carbocycles. The number of rotatable bonds is 8. The Balaban J connectivity index is 1.62. The van der Waals surface area contributed by atoms with Crippen LogP contribution in [0, 0.1) is 6.92 Å². The van der Waals surface area contributed by atoms with Crippen LogP contribution in [-0.2, 0) is 16.1 Å². The first kappa shape index (κ1) is 24.2. The maximum atomic E-state index is 13.4. The van der Waals surface area contributed by atoms with Crippen molar-refractivity contribution in [3.63, 3.8) is 0 Å². The minimum atomic E-state index is -0.826. The molecule has 0 aliphatic rings. The molecule has 2 aromatic heterocycles. The van der Waals surface area contributed by atoms with Crippen molar-refractivity contribution in [2.45, 2.75) is 32.9 Å². The van der Waals surface area contributed by atoms with E-state index in [4.69, 9.17) is 9.47 Å². The molecule has 1 atom stereocenters. The second-order valence-corrected chi connectivity index (χ2v) is 8.86. The Hall–Kier alpha value is -3.98. The lowest BCUT2D eigenvalue weighted by Crippen LogP contribution is -2.31. The minimum absolute atomic E-state index is 0.116. The van der Waals surface area contributed by atoms with Crippen LogP contribution in [0.15, 0.2) is 65.7 Å². The van der Waals surface area contributed by atoms with Gasteiger partial charge in [-0.15, -0.1) is 11.3 Å². The summed E-state index contributed by atoms with van der Waals surface area (Å²) < 4.78 is 12.0. The summed E-state index contributed by atoms with van der Waals surface area (Å²) in [6, 6.07) is 15.6. The molecule has 0 unspecified atom stereocenters. The number of amides is 1. The summed E-state index contributed by atoms with van der Waals surface area (Å²) in [7, 11) is 1.52. The molecular formula is C26H25N3O5S. The molecule has 9 heteroatoms. The van der Waals surface area contributed by atoms with E-state index in [0.29, 0.717) is 38.5 Å². The molecule has 0 spiro atoms. The number of aryl methyl sites for hydroxylation is 1. The third kappa shape index (κ3) is 4.95. The molecule has 0 saturated carbocycles. The second-order valence-electron chi connectivity index (χ2n) is 7.87. The quantitative estimate of drug-likeness (QED) is 0.358. The van der Waals surface area contributed by atoms with E-state index in [0.717, 1.165) is 16.9 Å². The van der Waals surface area contributed by atoms with Crippen molar-refractivity contribution in [3.05, 3.63) is 87.3 Å². The Kier molecular flexibility index (Phi) is 7.26. The van der Waals surface area contributed by atoms with Crippen LogP contribution in [0.3, 0.4) is 0 Å². The van der Waals surface area contributed by atoms with Gasteiger partial charge in [-0.25, -0.2) is 9.78 Å². The van der Waals surface area contributed by atoms with Crippen LogP contribution in [0.5, 0.6) is 5.75 Å². The summed E-state index contributed by atoms with van der Waals surface area (Å²) >= 11 is 1.13. The van der Waals surface area contributed by atoms with E-state index >= 15 is 0 Å². The maximum absolute atomic E-state index is 13.4. The number of benzene rings is 2. The average molecular weight is 492 g/mol. The van der Waals surface area contributed by atoms with Crippen molar-refractivity contribution >= 4 is 39.1 Å². The van der Waals surface area contributed by atoms with Gasteiger partial charge >= 0.3 is 5.97 Å². The Morgan fingerprint density at radius 2 is 1.83 bits per heavy atom. The molecule has 0 radical (unpaired) electrons. The van der Waals surface area contributed by atoms with Crippen molar-refractivity contribution < 1.29 is 19.1 Å². The lowest BCUT2D eigenvalue weighted by atomic mass is 10.1. The number of nitrogens with zero attached hydrogens (tertiary/aromatic N) is 2. The predicted octanol–water partition coefficient (Wildman–Crippen LogP) is 4.72. The number of methoxy groups -OCH3 is 1. The largest absolute Gasteiger partial charge is 0.495 e. The third-order valence-electron chi connectivity index (χ3n) is 5.66. The number of hydrogen-bond acceptors (Lipinski definition) is 7. The van der Waals surface area contributed by atoms with Gasteiger partial charge in [0.05, 0.1) is 29.4 Å². The summed E-state index contributed by atoms with van der Waals surface area (Å²) in [5.41, 5.74) is 1.51. The fourth-order valence-corrected chi connectivity index (χ4v) is 4.84. The Labute approximate surface area is 206 Å². The van der Waals surface area contributed by atoms with Crippen LogP contribution in [0.25, 0.3) is 10.2 Å². The molecule has 2 heterocycles. The molecule has 1 N–H and O–H groups in total. The van der Waals surface area contributed by atoms with Crippen molar-refractivity contribution in [3.8, 4) is 5.75 Å². The number of anilines is 1. The average Bonchev–Trinajstić information content (AvgIpc) is 3.22. The van der Waals surface area contributed by atoms with E-state index in [1.165, 1.54) is 18.0 Å². The highest BCUT2D eigenvalue weighted by Gasteiger charge is 2.25. The second kappa shape index (κ2) is 10.5. The molecule has 0 aliphatic heterocycles. The number of nitrogens with one attached hydrogen (secondary N) is 1. The summed E-state index contributed by atoms with van der Waals surface area (Å²) in [5.74, 6) is -0.350. The van der Waals surface area contributed by atoms with Crippen LogP contribution in [-0.4, -0.2) is 28.5 Å². The standard InChI is InChI=1S/C26H25N3O5S/c1-4-19(26(32)34-14-17-10-6-5-7-11-17)29-15-27-24-21(25(29)31)16(2)22(35-24)23(30)28-18-12-8-9-13-20(18)33-3/h5-13,15,19H,4,14H2,1-3H3,(H,28,30)/t19-/m1/s1. The van der Waals surface area contributed by atoms with Crippen LogP contribution in [0.2, 0.25) is 0 Å². The van der Waals surface area contributed by atoms with E-state index in [-0.39, 0.29) is 18.1 Å². The van der Waals surface area contributed by atoms with Crippen molar-refractivity contribution in [2.24, 2.45) is 0 Å². The van der Waals surface area contributed by atoms with E-state index in [2.05, 4.69) is 10.3 Å². The Morgan fingerprint density at radius 1 is 1.11 bits per heavy atom. The lowest BCUT2D eigenvalue weighted by Gasteiger charge is -2.17. The minimum Gasteiger partial charge on any atom is -0.495 e. The van der Waals surface area contributed by atoms with Gasteiger partial charge in [0.2, 0.25) is 0 Å². The van der Waals surface area contributed by atoms with Crippen LogP contribution in [0.1, 0.15) is 40.2 Å². The van der Waals surface area contributed by atoms with Gasteiger partial charge in [0.15, 0.2) is 0 Å². The Bertz CT molecular complexity index is 1430. The zero-order valence-corrected chi connectivity index (χ0v) is 20.4. The van der Waals surface area contributed by atoms with Gasteiger partial charge in [-0.1, -0.05) is 49.4 Å². The molecule has 35 heavy (non-hydrogen) atoms. The number of carbonyl (C=O) groups excluding carboxylic acids is 2. The highest BCUT2D eigenvalue weighted by Crippen LogP contribution is 2.30. The topological polar surface area (TPSA) is 99.5 Å².